The fourth-order valence-corrected chi connectivity index (χ4v) is 2.94. The van der Waals surface area contributed by atoms with Gasteiger partial charge < -0.3 is 11.1 Å². The van der Waals surface area contributed by atoms with Gasteiger partial charge in [0.05, 0.1) is 23.6 Å². The van der Waals surface area contributed by atoms with Crippen LogP contribution in [0.2, 0.25) is 0 Å². The molecule has 0 saturated heterocycles. The Kier molecular flexibility index (Phi) is 3.30. The van der Waals surface area contributed by atoms with Gasteiger partial charge in [-0.3, -0.25) is 4.79 Å². The van der Waals surface area contributed by atoms with Crippen molar-refractivity contribution in [3.05, 3.63) is 24.0 Å². The second-order valence-electron chi connectivity index (χ2n) is 5.52. The predicted octanol–water partition coefficient (Wildman–Crippen LogP) is 1.82. The number of anilines is 1. The zero-order chi connectivity index (χ0) is 14.1. The van der Waals surface area contributed by atoms with Gasteiger partial charge in [-0.05, 0) is 24.8 Å². The molecule has 1 fully saturated rings. The summed E-state index contributed by atoms with van der Waals surface area (Å²) in [5.74, 6) is 0.118. The average molecular weight is 273 g/mol. The van der Waals surface area contributed by atoms with E-state index < -0.39 is 5.91 Å². The smallest absolute Gasteiger partial charge is 0.252 e. The molecule has 20 heavy (non-hydrogen) atoms. The maximum Gasteiger partial charge on any atom is 0.252 e. The molecule has 0 aromatic carbocycles. The lowest BCUT2D eigenvalue weighted by atomic mass is 9.85. The molecule has 2 atom stereocenters. The minimum atomic E-state index is -0.466. The normalized spacial score (nSPS) is 22.9. The van der Waals surface area contributed by atoms with Crippen LogP contribution < -0.4 is 11.1 Å². The van der Waals surface area contributed by atoms with Crippen LogP contribution in [0.3, 0.4) is 0 Å². The topological polar surface area (TPSA) is 85.3 Å². The summed E-state index contributed by atoms with van der Waals surface area (Å²) in [6, 6.07) is 2.21. The summed E-state index contributed by atoms with van der Waals surface area (Å²) in [5.41, 5.74) is 7.44. The highest BCUT2D eigenvalue weighted by molar-refractivity contribution is 6.01. The standard InChI is InChI=1S/C14H19N5O/c1-9-4-2-3-5-11(9)18-13-10(14(15)20)8-17-19-12(13)6-7-16-19/h6-9,11,18H,2-5H2,1H3,(H2,15,20). The molecule has 2 heterocycles. The number of aromatic nitrogens is 3. The van der Waals surface area contributed by atoms with Crippen LogP contribution in [0.1, 0.15) is 43.0 Å². The van der Waals surface area contributed by atoms with Crippen LogP contribution in [0.15, 0.2) is 18.5 Å². The SMILES string of the molecule is CC1CCCCC1Nc1c(C(N)=O)cnn2nccc12. The van der Waals surface area contributed by atoms with Crippen LogP contribution in [0, 0.1) is 5.92 Å². The maximum atomic E-state index is 11.6. The van der Waals surface area contributed by atoms with Gasteiger partial charge in [-0.1, -0.05) is 19.8 Å². The molecule has 1 saturated carbocycles. The van der Waals surface area contributed by atoms with Crippen LogP contribution in [0.5, 0.6) is 0 Å². The number of nitrogens with zero attached hydrogens (tertiary/aromatic N) is 3. The van der Waals surface area contributed by atoms with Crippen molar-refractivity contribution in [1.29, 1.82) is 0 Å². The number of rotatable bonds is 3. The minimum absolute atomic E-state index is 0.364. The molecular weight excluding hydrogens is 254 g/mol. The van der Waals surface area contributed by atoms with E-state index in [9.17, 15) is 4.79 Å². The van der Waals surface area contributed by atoms with Crippen molar-refractivity contribution >= 4 is 17.1 Å². The average Bonchev–Trinajstić information content (AvgIpc) is 2.90. The molecule has 1 aliphatic rings. The number of nitrogens with one attached hydrogen (secondary N) is 1. The number of fused-ring (bicyclic) bond motifs is 1. The Morgan fingerprint density at radius 1 is 1.40 bits per heavy atom. The van der Waals surface area contributed by atoms with E-state index in [-0.39, 0.29) is 0 Å². The Morgan fingerprint density at radius 3 is 2.95 bits per heavy atom. The van der Waals surface area contributed by atoms with Crippen LogP contribution in [-0.2, 0) is 0 Å². The van der Waals surface area contributed by atoms with Crippen LogP contribution in [0.25, 0.3) is 5.52 Å². The van der Waals surface area contributed by atoms with Gasteiger partial charge in [-0.15, -0.1) is 4.63 Å². The van der Waals surface area contributed by atoms with Crippen molar-refractivity contribution in [3.63, 3.8) is 0 Å². The van der Waals surface area contributed by atoms with E-state index in [4.69, 9.17) is 5.73 Å². The molecule has 0 bridgehead atoms. The third-order valence-corrected chi connectivity index (χ3v) is 4.15. The minimum Gasteiger partial charge on any atom is -0.380 e. The number of hydrogen-bond donors (Lipinski definition) is 2. The lowest BCUT2D eigenvalue weighted by Crippen LogP contribution is -2.31. The Hall–Kier alpha value is -2.11. The summed E-state index contributed by atoms with van der Waals surface area (Å²) in [7, 11) is 0. The molecule has 3 rings (SSSR count). The van der Waals surface area contributed by atoms with E-state index in [2.05, 4.69) is 22.4 Å². The quantitative estimate of drug-likeness (QED) is 0.893. The van der Waals surface area contributed by atoms with Crippen molar-refractivity contribution in [3.8, 4) is 0 Å². The molecule has 0 aliphatic heterocycles. The fraction of sp³-hybridized carbons (Fsp3) is 0.500. The van der Waals surface area contributed by atoms with Gasteiger partial charge >= 0.3 is 0 Å². The van der Waals surface area contributed by atoms with Gasteiger partial charge in [-0.2, -0.15) is 10.2 Å². The number of carbonyl (C=O) groups is 1. The zero-order valence-corrected chi connectivity index (χ0v) is 11.5. The van der Waals surface area contributed by atoms with E-state index in [1.54, 1.807) is 6.20 Å². The Balaban J connectivity index is 2.01. The van der Waals surface area contributed by atoms with Crippen molar-refractivity contribution < 1.29 is 4.79 Å². The zero-order valence-electron chi connectivity index (χ0n) is 11.5. The van der Waals surface area contributed by atoms with E-state index in [0.717, 1.165) is 17.6 Å². The highest BCUT2D eigenvalue weighted by Crippen LogP contribution is 2.29. The number of carbonyl (C=O) groups excluding carboxylic acids is 1. The molecule has 6 heteroatoms. The number of amides is 1. The summed E-state index contributed by atoms with van der Waals surface area (Å²) in [6.45, 7) is 2.25. The molecule has 3 N–H and O–H groups in total. The first-order chi connectivity index (χ1) is 9.66. The van der Waals surface area contributed by atoms with Gasteiger partial charge in [-0.25, -0.2) is 0 Å². The molecule has 2 unspecified atom stereocenters. The molecule has 2 aromatic heterocycles. The second-order valence-corrected chi connectivity index (χ2v) is 5.52. The molecule has 106 valence electrons. The van der Waals surface area contributed by atoms with Gasteiger partial charge in [0, 0.05) is 6.04 Å². The number of nitrogens with two attached hydrogens (primary N) is 1. The number of hydrogen-bond acceptors (Lipinski definition) is 4. The molecule has 0 radical (unpaired) electrons. The molecule has 1 aliphatic carbocycles. The predicted molar refractivity (Wildman–Crippen MR) is 76.5 cm³/mol. The first kappa shape index (κ1) is 12.9. The Bertz CT molecular complexity index is 636. The Labute approximate surface area is 117 Å². The summed E-state index contributed by atoms with van der Waals surface area (Å²) in [5, 5.41) is 11.7. The highest BCUT2D eigenvalue weighted by atomic mass is 16.1. The van der Waals surface area contributed by atoms with Crippen molar-refractivity contribution in [2.75, 3.05) is 5.32 Å². The van der Waals surface area contributed by atoms with E-state index in [0.29, 0.717) is 17.5 Å². The van der Waals surface area contributed by atoms with Crippen molar-refractivity contribution in [2.45, 2.75) is 38.6 Å². The first-order valence-corrected chi connectivity index (χ1v) is 7.06. The number of primary amides is 1. The highest BCUT2D eigenvalue weighted by Gasteiger charge is 2.24. The van der Waals surface area contributed by atoms with E-state index in [1.165, 1.54) is 30.1 Å². The largest absolute Gasteiger partial charge is 0.380 e. The first-order valence-electron chi connectivity index (χ1n) is 7.06. The summed E-state index contributed by atoms with van der Waals surface area (Å²) in [6.07, 6.45) is 7.97. The molecule has 6 nitrogen and oxygen atoms in total. The summed E-state index contributed by atoms with van der Waals surface area (Å²) in [4.78, 5) is 11.6. The molecule has 1 amide bonds. The lowest BCUT2D eigenvalue weighted by molar-refractivity contribution is 0.100. The van der Waals surface area contributed by atoms with Crippen LogP contribution >= 0.6 is 0 Å². The van der Waals surface area contributed by atoms with E-state index >= 15 is 0 Å². The third kappa shape index (κ3) is 2.21. The second kappa shape index (κ2) is 5.11. The van der Waals surface area contributed by atoms with Crippen molar-refractivity contribution in [2.24, 2.45) is 11.7 Å². The fourth-order valence-electron chi connectivity index (χ4n) is 2.94. The van der Waals surface area contributed by atoms with Gasteiger partial charge in [0.2, 0.25) is 0 Å². The van der Waals surface area contributed by atoms with Gasteiger partial charge in [0.1, 0.15) is 5.52 Å². The maximum absolute atomic E-state index is 11.6. The van der Waals surface area contributed by atoms with Crippen LogP contribution in [-0.4, -0.2) is 26.8 Å². The molecular formula is C14H19N5O. The summed E-state index contributed by atoms with van der Waals surface area (Å²) >= 11 is 0. The van der Waals surface area contributed by atoms with Gasteiger partial charge in [0.15, 0.2) is 0 Å². The van der Waals surface area contributed by atoms with Gasteiger partial charge in [0.25, 0.3) is 5.91 Å². The molecule has 0 spiro atoms. The van der Waals surface area contributed by atoms with Crippen LogP contribution in [0.4, 0.5) is 5.69 Å². The monoisotopic (exact) mass is 273 g/mol. The molecule has 2 aromatic rings. The van der Waals surface area contributed by atoms with Crippen molar-refractivity contribution in [1.82, 2.24) is 14.8 Å². The third-order valence-electron chi connectivity index (χ3n) is 4.15. The Morgan fingerprint density at radius 2 is 2.20 bits per heavy atom. The summed E-state index contributed by atoms with van der Waals surface area (Å²) < 4.78 is 1.52. The van der Waals surface area contributed by atoms with E-state index in [1.807, 2.05) is 6.07 Å². The lowest BCUT2D eigenvalue weighted by Gasteiger charge is -2.31.